The number of carboxylic acid groups (broad SMARTS) is 1. The highest BCUT2D eigenvalue weighted by molar-refractivity contribution is 5.87. The zero-order valence-electron chi connectivity index (χ0n) is 14.8. The maximum atomic E-state index is 10.9. The largest absolute Gasteiger partial charge is 0.492 e. The predicted octanol–water partition coefficient (Wildman–Crippen LogP) is 3.73. The molecular weight excluding hydrogens is 342 g/mol. The molecular formula is C22H21NO4. The van der Waals surface area contributed by atoms with Gasteiger partial charge in [-0.15, -0.1) is 0 Å². The molecule has 2 atom stereocenters. The minimum absolute atomic E-state index is 0.106. The third-order valence-corrected chi connectivity index (χ3v) is 4.76. The van der Waals surface area contributed by atoms with Crippen molar-refractivity contribution in [2.75, 3.05) is 13.2 Å². The average molecular weight is 363 g/mol. The van der Waals surface area contributed by atoms with Gasteiger partial charge in [-0.1, -0.05) is 30.3 Å². The van der Waals surface area contributed by atoms with Gasteiger partial charge in [-0.05, 0) is 47.2 Å². The molecule has 0 unspecified atom stereocenters. The van der Waals surface area contributed by atoms with E-state index in [1.165, 1.54) is 10.8 Å². The van der Waals surface area contributed by atoms with Gasteiger partial charge in [0.1, 0.15) is 24.2 Å². The van der Waals surface area contributed by atoms with Crippen LogP contribution in [-0.2, 0) is 0 Å². The molecule has 0 amide bonds. The highest BCUT2D eigenvalue weighted by Crippen LogP contribution is 2.23. The summed E-state index contributed by atoms with van der Waals surface area (Å²) in [5.74, 6) is 0.611. The molecule has 1 saturated heterocycles. The van der Waals surface area contributed by atoms with Crippen LogP contribution in [0.15, 0.2) is 66.7 Å². The van der Waals surface area contributed by atoms with Crippen molar-refractivity contribution in [3.8, 4) is 11.5 Å². The van der Waals surface area contributed by atoms with Gasteiger partial charge in [-0.3, -0.25) is 0 Å². The van der Waals surface area contributed by atoms with Gasteiger partial charge in [0, 0.05) is 19.0 Å². The zero-order chi connectivity index (χ0) is 18.6. The molecule has 4 rings (SSSR count). The van der Waals surface area contributed by atoms with Crippen LogP contribution in [0.3, 0.4) is 0 Å². The van der Waals surface area contributed by atoms with Crippen LogP contribution in [0.2, 0.25) is 0 Å². The lowest BCUT2D eigenvalue weighted by Crippen LogP contribution is -2.28. The van der Waals surface area contributed by atoms with Crippen LogP contribution in [0.25, 0.3) is 10.8 Å². The van der Waals surface area contributed by atoms with Crippen molar-refractivity contribution in [1.29, 1.82) is 0 Å². The number of hydrogen-bond donors (Lipinski definition) is 2. The molecule has 2 N–H and O–H groups in total. The standard InChI is InChI=1S/C22H21NO4/c24-22(25)16-6-8-19(9-7-16)26-14-18-12-21(13-23-18)27-20-10-5-15-3-1-2-4-17(15)11-20/h1-11,18,21,23H,12-14H2,(H,24,25)/t18-,21-/m0/s1. The molecule has 1 aliphatic rings. The second-order valence-corrected chi connectivity index (χ2v) is 6.73. The molecule has 5 nitrogen and oxygen atoms in total. The zero-order valence-corrected chi connectivity index (χ0v) is 14.8. The van der Waals surface area contributed by atoms with Gasteiger partial charge in [-0.25, -0.2) is 4.79 Å². The van der Waals surface area contributed by atoms with Crippen LogP contribution in [0.4, 0.5) is 0 Å². The second kappa shape index (κ2) is 7.68. The Labute approximate surface area is 157 Å². The Hall–Kier alpha value is -3.05. The first-order chi connectivity index (χ1) is 13.2. The first kappa shape index (κ1) is 17.4. The maximum absolute atomic E-state index is 10.9. The Bertz CT molecular complexity index is 938. The van der Waals surface area contributed by atoms with E-state index in [0.717, 1.165) is 18.7 Å². The van der Waals surface area contributed by atoms with Crippen LogP contribution in [-0.4, -0.2) is 36.4 Å². The molecule has 0 radical (unpaired) electrons. The van der Waals surface area contributed by atoms with E-state index in [9.17, 15) is 4.79 Å². The van der Waals surface area contributed by atoms with Crippen LogP contribution >= 0.6 is 0 Å². The molecule has 138 valence electrons. The van der Waals surface area contributed by atoms with E-state index in [1.54, 1.807) is 24.3 Å². The van der Waals surface area contributed by atoms with Crippen molar-refractivity contribution < 1.29 is 19.4 Å². The Kier molecular flexibility index (Phi) is 4.94. The maximum Gasteiger partial charge on any atom is 0.335 e. The van der Waals surface area contributed by atoms with E-state index in [4.69, 9.17) is 14.6 Å². The van der Waals surface area contributed by atoms with Crippen molar-refractivity contribution in [2.24, 2.45) is 0 Å². The molecule has 1 fully saturated rings. The number of hydrogen-bond acceptors (Lipinski definition) is 4. The van der Waals surface area contributed by atoms with E-state index >= 15 is 0 Å². The Morgan fingerprint density at radius 3 is 2.52 bits per heavy atom. The predicted molar refractivity (Wildman–Crippen MR) is 104 cm³/mol. The number of carboxylic acids is 1. The molecule has 1 aliphatic heterocycles. The Morgan fingerprint density at radius 1 is 1.00 bits per heavy atom. The average Bonchev–Trinajstić information content (AvgIpc) is 3.14. The van der Waals surface area contributed by atoms with Gasteiger partial charge in [0.05, 0.1) is 5.56 Å². The molecule has 0 aromatic heterocycles. The molecule has 0 saturated carbocycles. The molecule has 0 aliphatic carbocycles. The van der Waals surface area contributed by atoms with E-state index in [0.29, 0.717) is 12.4 Å². The molecule has 3 aromatic carbocycles. The fraction of sp³-hybridized carbons (Fsp3) is 0.227. The summed E-state index contributed by atoms with van der Waals surface area (Å²) >= 11 is 0. The van der Waals surface area contributed by atoms with Crippen molar-refractivity contribution >= 4 is 16.7 Å². The lowest BCUT2D eigenvalue weighted by molar-refractivity contribution is 0.0697. The fourth-order valence-corrected chi connectivity index (χ4v) is 3.32. The lowest BCUT2D eigenvalue weighted by Gasteiger charge is -2.14. The number of ether oxygens (including phenoxy) is 2. The molecule has 0 bridgehead atoms. The van der Waals surface area contributed by atoms with Crippen molar-refractivity contribution in [2.45, 2.75) is 18.6 Å². The number of aromatic carboxylic acids is 1. The van der Waals surface area contributed by atoms with E-state index < -0.39 is 5.97 Å². The van der Waals surface area contributed by atoms with Gasteiger partial charge < -0.3 is 19.9 Å². The Balaban J connectivity index is 1.29. The topological polar surface area (TPSA) is 67.8 Å². The van der Waals surface area contributed by atoms with Gasteiger partial charge in [-0.2, -0.15) is 0 Å². The number of rotatable bonds is 6. The molecule has 27 heavy (non-hydrogen) atoms. The van der Waals surface area contributed by atoms with E-state index in [-0.39, 0.29) is 17.7 Å². The summed E-state index contributed by atoms with van der Waals surface area (Å²) in [6.07, 6.45) is 0.967. The summed E-state index contributed by atoms with van der Waals surface area (Å²) in [5, 5.41) is 14.7. The summed E-state index contributed by atoms with van der Waals surface area (Å²) < 4.78 is 11.9. The van der Waals surface area contributed by atoms with Crippen LogP contribution < -0.4 is 14.8 Å². The smallest absolute Gasteiger partial charge is 0.335 e. The lowest BCUT2D eigenvalue weighted by atomic mass is 10.1. The van der Waals surface area contributed by atoms with Gasteiger partial charge >= 0.3 is 5.97 Å². The minimum atomic E-state index is -0.937. The summed E-state index contributed by atoms with van der Waals surface area (Å²) in [6, 6.07) is 21.1. The quantitative estimate of drug-likeness (QED) is 0.699. The minimum Gasteiger partial charge on any atom is -0.492 e. The normalized spacial score (nSPS) is 19.1. The fourth-order valence-electron chi connectivity index (χ4n) is 3.32. The van der Waals surface area contributed by atoms with Crippen molar-refractivity contribution in [3.63, 3.8) is 0 Å². The number of carbonyl (C=O) groups is 1. The van der Waals surface area contributed by atoms with Crippen LogP contribution in [0, 0.1) is 0 Å². The second-order valence-electron chi connectivity index (χ2n) is 6.73. The summed E-state index contributed by atoms with van der Waals surface area (Å²) in [7, 11) is 0. The number of nitrogens with one attached hydrogen (secondary N) is 1. The summed E-state index contributed by atoms with van der Waals surface area (Å²) in [4.78, 5) is 10.9. The SMILES string of the molecule is O=C(O)c1ccc(OC[C@@H]2C[C@H](Oc3ccc4ccccc4c3)CN2)cc1. The van der Waals surface area contributed by atoms with Gasteiger partial charge in [0.25, 0.3) is 0 Å². The third-order valence-electron chi connectivity index (χ3n) is 4.76. The Morgan fingerprint density at radius 2 is 1.74 bits per heavy atom. The summed E-state index contributed by atoms with van der Waals surface area (Å²) in [6.45, 7) is 1.29. The summed E-state index contributed by atoms with van der Waals surface area (Å²) in [5.41, 5.74) is 0.255. The van der Waals surface area contributed by atoms with E-state index in [1.807, 2.05) is 18.2 Å². The monoisotopic (exact) mass is 363 g/mol. The van der Waals surface area contributed by atoms with E-state index in [2.05, 4.69) is 29.6 Å². The van der Waals surface area contributed by atoms with Crippen LogP contribution in [0.5, 0.6) is 11.5 Å². The molecule has 0 spiro atoms. The van der Waals surface area contributed by atoms with Gasteiger partial charge in [0.15, 0.2) is 0 Å². The van der Waals surface area contributed by atoms with Crippen LogP contribution in [0.1, 0.15) is 16.8 Å². The van der Waals surface area contributed by atoms with Crippen molar-refractivity contribution in [3.05, 3.63) is 72.3 Å². The molecule has 5 heteroatoms. The first-order valence-electron chi connectivity index (χ1n) is 9.02. The van der Waals surface area contributed by atoms with Crippen molar-refractivity contribution in [1.82, 2.24) is 5.32 Å². The highest BCUT2D eigenvalue weighted by atomic mass is 16.5. The number of fused-ring (bicyclic) bond motifs is 1. The van der Waals surface area contributed by atoms with Gasteiger partial charge in [0.2, 0.25) is 0 Å². The third kappa shape index (κ3) is 4.20. The highest BCUT2D eigenvalue weighted by Gasteiger charge is 2.26. The molecule has 3 aromatic rings. The molecule has 1 heterocycles. The number of benzene rings is 3. The first-order valence-corrected chi connectivity index (χ1v) is 9.02.